The highest BCUT2D eigenvalue weighted by atomic mass is 32.2. The molecule has 0 unspecified atom stereocenters. The van der Waals surface area contributed by atoms with E-state index in [0.29, 0.717) is 34.6 Å². The van der Waals surface area contributed by atoms with Gasteiger partial charge in [0.2, 0.25) is 0 Å². The van der Waals surface area contributed by atoms with E-state index < -0.39 is 29.0 Å². The lowest BCUT2D eigenvalue weighted by atomic mass is 10.0. The Morgan fingerprint density at radius 1 is 1.11 bits per heavy atom. The molecule has 0 radical (unpaired) electrons. The number of rotatable bonds is 3. The summed E-state index contributed by atoms with van der Waals surface area (Å²) in [4.78, 5) is 4.52. The maximum atomic E-state index is 13.2. The highest BCUT2D eigenvalue weighted by Crippen LogP contribution is 2.42. The number of fused-ring (bicyclic) bond motifs is 1. The summed E-state index contributed by atoms with van der Waals surface area (Å²) in [6.45, 7) is 0. The quantitative estimate of drug-likeness (QED) is 0.520. The lowest BCUT2D eigenvalue weighted by Crippen LogP contribution is -2.31. The Bertz CT molecular complexity index is 867. The summed E-state index contributed by atoms with van der Waals surface area (Å²) >= 11 is 0.937. The maximum Gasteiger partial charge on any atom is 0.416 e. The molecular weight excluding hydrogens is 396 g/mol. The third-order valence-corrected chi connectivity index (χ3v) is 4.85. The number of hydrazine groups is 2. The smallest absolute Gasteiger partial charge is 0.384 e. The zero-order valence-corrected chi connectivity index (χ0v) is 14.5. The van der Waals surface area contributed by atoms with Crippen LogP contribution in [0.5, 0.6) is 0 Å². The first kappa shape index (κ1) is 19.4. The van der Waals surface area contributed by atoms with Gasteiger partial charge in [-0.15, -0.1) is 17.3 Å². The number of nitrogens with one attached hydrogen (secondary N) is 2. The number of thioether (sulfide) groups is 1. The minimum Gasteiger partial charge on any atom is -0.384 e. The van der Waals surface area contributed by atoms with Crippen molar-refractivity contribution in [2.24, 2.45) is 0 Å². The zero-order chi connectivity index (χ0) is 20.0. The first-order valence-electron chi connectivity index (χ1n) is 7.43. The van der Waals surface area contributed by atoms with E-state index >= 15 is 0 Å². The van der Waals surface area contributed by atoms with Crippen molar-refractivity contribution < 1.29 is 26.3 Å². The molecule has 0 amide bonds. The van der Waals surface area contributed by atoms with Gasteiger partial charge in [0, 0.05) is 17.7 Å². The molecule has 1 aromatic carbocycles. The molecule has 2 aromatic rings. The highest BCUT2D eigenvalue weighted by molar-refractivity contribution is 7.98. The fourth-order valence-electron chi connectivity index (χ4n) is 2.57. The van der Waals surface area contributed by atoms with Gasteiger partial charge >= 0.3 is 12.4 Å². The van der Waals surface area contributed by atoms with E-state index in [0.717, 1.165) is 11.8 Å². The largest absolute Gasteiger partial charge is 0.416 e. The Hall–Kier alpha value is -2.34. The van der Waals surface area contributed by atoms with Crippen molar-refractivity contribution in [1.29, 1.82) is 0 Å². The number of halogens is 6. The molecule has 0 fully saturated rings. The van der Waals surface area contributed by atoms with Crippen LogP contribution in [-0.2, 0) is 18.1 Å². The minimum atomic E-state index is -4.76. The number of pyridine rings is 1. The second-order valence-corrected chi connectivity index (χ2v) is 6.71. The Labute approximate surface area is 153 Å². The van der Waals surface area contributed by atoms with E-state index in [2.05, 4.69) is 15.9 Å². The molecule has 1 aromatic heterocycles. The van der Waals surface area contributed by atoms with Crippen molar-refractivity contribution in [3.8, 4) is 0 Å². The second-order valence-electron chi connectivity index (χ2n) is 5.69. The van der Waals surface area contributed by atoms with Gasteiger partial charge in [-0.25, -0.2) is 4.98 Å². The fraction of sp³-hybridized carbons (Fsp3) is 0.267. The summed E-state index contributed by atoms with van der Waals surface area (Å²) in [5.41, 5.74) is 9.00. The number of benzene rings is 1. The standard InChI is InChI=1S/C15H13F6N5S/c1-26-12-10(5-11(22)23-13(12)24-25-26)27-6-7-4-8(14(16,17)18)2-3-9(7)15(19,20)21/h2-5,25H,6H2,1H3,(H3,22,23,24). The zero-order valence-electron chi connectivity index (χ0n) is 13.7. The lowest BCUT2D eigenvalue weighted by molar-refractivity contribution is -0.141. The van der Waals surface area contributed by atoms with Crippen LogP contribution >= 0.6 is 11.8 Å². The Balaban J connectivity index is 1.97. The molecule has 12 heteroatoms. The van der Waals surface area contributed by atoms with Gasteiger partial charge < -0.3 is 5.73 Å². The van der Waals surface area contributed by atoms with E-state index in [1.807, 2.05) is 0 Å². The van der Waals surface area contributed by atoms with Crippen LogP contribution in [0.2, 0.25) is 0 Å². The monoisotopic (exact) mass is 409 g/mol. The minimum absolute atomic E-state index is 0.126. The molecule has 0 saturated carbocycles. The number of nitrogen functional groups attached to an aromatic ring is 1. The normalized spacial score (nSPS) is 14.3. The van der Waals surface area contributed by atoms with Crippen LogP contribution in [0.4, 0.5) is 43.7 Å². The molecule has 0 saturated heterocycles. The van der Waals surface area contributed by atoms with Crippen molar-refractivity contribution in [3.63, 3.8) is 0 Å². The summed E-state index contributed by atoms with van der Waals surface area (Å²) in [5.74, 6) is 0.170. The third-order valence-electron chi connectivity index (χ3n) is 3.78. The third kappa shape index (κ3) is 4.00. The second kappa shape index (κ2) is 6.68. The molecule has 0 spiro atoms. The van der Waals surface area contributed by atoms with Crippen molar-refractivity contribution in [3.05, 3.63) is 41.0 Å². The Kier molecular flexibility index (Phi) is 4.80. The molecule has 5 nitrogen and oxygen atoms in total. The summed E-state index contributed by atoms with van der Waals surface area (Å²) in [7, 11) is 1.65. The Morgan fingerprint density at radius 2 is 1.81 bits per heavy atom. The van der Waals surface area contributed by atoms with Gasteiger partial charge in [0.1, 0.15) is 11.5 Å². The van der Waals surface area contributed by atoms with Crippen LogP contribution in [0.25, 0.3) is 0 Å². The number of alkyl halides is 6. The summed E-state index contributed by atoms with van der Waals surface area (Å²) in [6, 6.07) is 2.87. The van der Waals surface area contributed by atoms with Crippen LogP contribution in [0.15, 0.2) is 29.2 Å². The average Bonchev–Trinajstić information content (AvgIpc) is 2.91. The molecule has 4 N–H and O–H groups in total. The van der Waals surface area contributed by atoms with Gasteiger partial charge in [0.25, 0.3) is 0 Å². The highest BCUT2D eigenvalue weighted by Gasteiger charge is 2.37. The average molecular weight is 409 g/mol. The van der Waals surface area contributed by atoms with Crippen molar-refractivity contribution in [2.75, 3.05) is 23.2 Å². The molecule has 1 aliphatic rings. The van der Waals surface area contributed by atoms with Crippen molar-refractivity contribution in [1.82, 2.24) is 10.5 Å². The number of aromatic nitrogens is 1. The molecular formula is C15H13F6N5S. The first-order chi connectivity index (χ1) is 12.5. The molecule has 0 atom stereocenters. The lowest BCUT2D eigenvalue weighted by Gasteiger charge is -2.17. The summed E-state index contributed by atoms with van der Waals surface area (Å²) < 4.78 is 78.3. The van der Waals surface area contributed by atoms with Crippen LogP contribution < -0.4 is 21.7 Å². The van der Waals surface area contributed by atoms with E-state index in [1.54, 1.807) is 12.1 Å². The van der Waals surface area contributed by atoms with Crippen LogP contribution in [0.1, 0.15) is 16.7 Å². The van der Waals surface area contributed by atoms with Gasteiger partial charge in [0.05, 0.1) is 11.1 Å². The van der Waals surface area contributed by atoms with Crippen LogP contribution in [0, 0.1) is 0 Å². The fourth-order valence-corrected chi connectivity index (χ4v) is 3.69. The molecule has 3 rings (SSSR count). The number of hydrogen-bond donors (Lipinski definition) is 3. The number of nitrogens with two attached hydrogens (primary N) is 1. The molecule has 1 aliphatic heterocycles. The Morgan fingerprint density at radius 3 is 2.44 bits per heavy atom. The molecule has 146 valence electrons. The van der Waals surface area contributed by atoms with E-state index in [1.165, 1.54) is 6.07 Å². The first-order valence-corrected chi connectivity index (χ1v) is 8.41. The predicted octanol–water partition coefficient (Wildman–Crippen LogP) is 4.28. The molecule has 0 aliphatic carbocycles. The number of anilines is 3. The van der Waals surface area contributed by atoms with Crippen molar-refractivity contribution >= 4 is 29.1 Å². The summed E-state index contributed by atoms with van der Waals surface area (Å²) in [6.07, 6.45) is -9.50. The predicted molar refractivity (Wildman–Crippen MR) is 89.8 cm³/mol. The SMILES string of the molecule is CN1NNc2nc(N)cc(SCc3cc(C(F)(F)F)ccc3C(F)(F)F)c21. The van der Waals surface area contributed by atoms with E-state index in [4.69, 9.17) is 5.73 Å². The molecule has 2 heterocycles. The van der Waals surface area contributed by atoms with Crippen molar-refractivity contribution in [2.45, 2.75) is 23.0 Å². The van der Waals surface area contributed by atoms with Gasteiger partial charge in [-0.1, -0.05) is 0 Å². The van der Waals surface area contributed by atoms with Gasteiger partial charge in [-0.2, -0.15) is 26.3 Å². The number of hydrogen-bond acceptors (Lipinski definition) is 6. The van der Waals surface area contributed by atoms with Crippen LogP contribution in [-0.4, -0.2) is 12.0 Å². The molecule has 27 heavy (non-hydrogen) atoms. The molecule has 0 bridgehead atoms. The van der Waals surface area contributed by atoms with Crippen LogP contribution in [0.3, 0.4) is 0 Å². The van der Waals surface area contributed by atoms with Gasteiger partial charge in [-0.05, 0) is 29.8 Å². The van der Waals surface area contributed by atoms with Gasteiger partial charge in [0.15, 0.2) is 5.82 Å². The maximum absolute atomic E-state index is 13.2. The summed E-state index contributed by atoms with van der Waals surface area (Å²) in [5, 5.41) is 1.54. The van der Waals surface area contributed by atoms with E-state index in [9.17, 15) is 26.3 Å². The number of nitrogens with zero attached hydrogens (tertiary/aromatic N) is 2. The van der Waals surface area contributed by atoms with Gasteiger partial charge in [-0.3, -0.25) is 10.4 Å². The van der Waals surface area contributed by atoms with E-state index in [-0.39, 0.29) is 11.6 Å². The topological polar surface area (TPSA) is 66.2 Å².